The number of hydrogen-bond donors (Lipinski definition) is 1. The van der Waals surface area contributed by atoms with Gasteiger partial charge < -0.3 is 15.0 Å². The van der Waals surface area contributed by atoms with Gasteiger partial charge in [-0.25, -0.2) is 9.97 Å². The van der Waals surface area contributed by atoms with Crippen molar-refractivity contribution in [3.8, 4) is 29.0 Å². The monoisotopic (exact) mass is 582 g/mol. The number of nitrogens with one attached hydrogen (secondary N) is 1. The molecule has 0 spiro atoms. The van der Waals surface area contributed by atoms with E-state index in [0.29, 0.717) is 37.5 Å². The lowest BCUT2D eigenvalue weighted by Gasteiger charge is -2.29. The molecule has 1 aliphatic heterocycles. The Kier molecular flexibility index (Phi) is 8.48. The van der Waals surface area contributed by atoms with Crippen LogP contribution in [0, 0.1) is 11.8 Å². The highest BCUT2D eigenvalue weighted by Crippen LogP contribution is 2.29. The van der Waals surface area contributed by atoms with E-state index in [9.17, 15) is 4.79 Å². The van der Waals surface area contributed by atoms with E-state index in [4.69, 9.17) is 14.7 Å². The zero-order valence-electron chi connectivity index (χ0n) is 25.2. The summed E-state index contributed by atoms with van der Waals surface area (Å²) in [6.45, 7) is 2.15. The molecule has 44 heavy (non-hydrogen) atoms. The number of amides is 1. The van der Waals surface area contributed by atoms with Crippen LogP contribution in [0.5, 0.6) is 5.75 Å². The molecule has 1 amide bonds. The minimum absolute atomic E-state index is 0.0207. The first-order chi connectivity index (χ1) is 21.5. The van der Waals surface area contributed by atoms with Crippen molar-refractivity contribution < 1.29 is 9.53 Å². The first-order valence-electron chi connectivity index (χ1n) is 14.6. The van der Waals surface area contributed by atoms with Gasteiger partial charge in [-0.3, -0.25) is 14.7 Å². The van der Waals surface area contributed by atoms with Gasteiger partial charge in [-0.1, -0.05) is 42.2 Å². The molecule has 0 aliphatic carbocycles. The lowest BCUT2D eigenvalue weighted by molar-refractivity contribution is 0.0732. The molecule has 220 valence electrons. The molecule has 6 rings (SSSR count). The standard InChI is InChI=1S/C36H34N6O2/c1-37-35-31-18-20-42(23-33(31)39-34(40-35)29-21-28-8-4-5-9-32(28)38-22-29)36(43)27-14-10-26(11-15-27)24-44-30-16-12-25(13-17-30)7-6-19-41(2)3/h4-5,8-17,21-22H,18-20,23-24H2,1-3H3,(H,37,39,40). The summed E-state index contributed by atoms with van der Waals surface area (Å²) in [6, 6.07) is 25.4. The number of carbonyl (C=O) groups excluding carboxylic acids is 1. The van der Waals surface area contributed by atoms with Crippen molar-refractivity contribution in [2.45, 2.75) is 19.6 Å². The minimum Gasteiger partial charge on any atom is -0.489 e. The Morgan fingerprint density at radius 1 is 1.02 bits per heavy atom. The molecule has 8 nitrogen and oxygen atoms in total. The topological polar surface area (TPSA) is 83.5 Å². The first kappa shape index (κ1) is 28.8. The van der Waals surface area contributed by atoms with E-state index in [1.165, 1.54) is 0 Å². The van der Waals surface area contributed by atoms with Crippen molar-refractivity contribution >= 4 is 22.6 Å². The highest BCUT2D eigenvalue weighted by atomic mass is 16.5. The molecule has 0 saturated carbocycles. The maximum absolute atomic E-state index is 13.5. The molecule has 1 N–H and O–H groups in total. The Morgan fingerprint density at radius 3 is 2.59 bits per heavy atom. The smallest absolute Gasteiger partial charge is 0.254 e. The average Bonchev–Trinajstić information content (AvgIpc) is 3.06. The molecule has 5 aromatic rings. The van der Waals surface area contributed by atoms with Gasteiger partial charge in [0.25, 0.3) is 5.91 Å². The Balaban J connectivity index is 1.11. The Morgan fingerprint density at radius 2 is 1.82 bits per heavy atom. The predicted octanol–water partition coefficient (Wildman–Crippen LogP) is 5.42. The van der Waals surface area contributed by atoms with Crippen LogP contribution < -0.4 is 10.1 Å². The number of nitrogens with zero attached hydrogens (tertiary/aromatic N) is 5. The third kappa shape index (κ3) is 6.54. The quantitative estimate of drug-likeness (QED) is 0.257. The SMILES string of the molecule is CNc1nc(-c2cnc3ccccc3c2)nc2c1CCN(C(=O)c1ccc(COc3ccc(C#CCN(C)C)cc3)cc1)C2. The van der Waals surface area contributed by atoms with Gasteiger partial charge in [-0.05, 0) is 74.6 Å². The number of carbonyl (C=O) groups is 1. The molecule has 0 fully saturated rings. The van der Waals surface area contributed by atoms with Crippen LogP contribution in [0.1, 0.15) is 32.7 Å². The number of anilines is 1. The number of rotatable bonds is 7. The second-order valence-corrected chi connectivity index (χ2v) is 11.0. The number of fused-ring (bicyclic) bond motifs is 2. The number of benzene rings is 3. The molecular weight excluding hydrogens is 548 g/mol. The summed E-state index contributed by atoms with van der Waals surface area (Å²) in [4.78, 5) is 31.7. The van der Waals surface area contributed by atoms with Crippen LogP contribution in [0.4, 0.5) is 5.82 Å². The van der Waals surface area contributed by atoms with Crippen LogP contribution in [0.25, 0.3) is 22.3 Å². The van der Waals surface area contributed by atoms with Gasteiger partial charge in [0, 0.05) is 47.4 Å². The van der Waals surface area contributed by atoms with E-state index in [2.05, 4.69) is 28.2 Å². The second kappa shape index (κ2) is 12.9. The van der Waals surface area contributed by atoms with Gasteiger partial charge in [-0.15, -0.1) is 0 Å². The lowest BCUT2D eigenvalue weighted by atomic mass is 10.0. The zero-order valence-corrected chi connectivity index (χ0v) is 25.2. The largest absolute Gasteiger partial charge is 0.489 e. The molecule has 3 aromatic carbocycles. The third-order valence-electron chi connectivity index (χ3n) is 7.53. The van der Waals surface area contributed by atoms with E-state index in [0.717, 1.165) is 57.0 Å². The van der Waals surface area contributed by atoms with Crippen molar-refractivity contribution in [3.63, 3.8) is 0 Å². The van der Waals surface area contributed by atoms with E-state index >= 15 is 0 Å². The summed E-state index contributed by atoms with van der Waals surface area (Å²) in [7, 11) is 5.86. The van der Waals surface area contributed by atoms with Gasteiger partial charge in [0.05, 0.1) is 24.3 Å². The Labute approximate surface area is 257 Å². The van der Waals surface area contributed by atoms with Crippen LogP contribution >= 0.6 is 0 Å². The number of para-hydroxylation sites is 1. The average molecular weight is 583 g/mol. The molecule has 0 radical (unpaired) electrons. The highest BCUT2D eigenvalue weighted by molar-refractivity contribution is 5.94. The summed E-state index contributed by atoms with van der Waals surface area (Å²) < 4.78 is 5.96. The van der Waals surface area contributed by atoms with Crippen LogP contribution in [-0.2, 0) is 19.6 Å². The molecule has 0 unspecified atom stereocenters. The summed E-state index contributed by atoms with van der Waals surface area (Å²) in [5.74, 6) is 8.43. The molecule has 0 saturated heterocycles. The van der Waals surface area contributed by atoms with Crippen molar-refractivity contribution in [2.75, 3.05) is 39.5 Å². The molecule has 3 heterocycles. The highest BCUT2D eigenvalue weighted by Gasteiger charge is 2.26. The van der Waals surface area contributed by atoms with Crippen molar-refractivity contribution in [1.29, 1.82) is 0 Å². The fraction of sp³-hybridized carbons (Fsp3) is 0.222. The molecular formula is C36H34N6O2. The summed E-state index contributed by atoms with van der Waals surface area (Å²) in [5.41, 5.74) is 6.25. The molecule has 0 atom stereocenters. The summed E-state index contributed by atoms with van der Waals surface area (Å²) >= 11 is 0. The fourth-order valence-electron chi connectivity index (χ4n) is 5.16. The van der Waals surface area contributed by atoms with E-state index in [1.54, 1.807) is 6.20 Å². The summed E-state index contributed by atoms with van der Waals surface area (Å²) in [5, 5.41) is 4.26. The summed E-state index contributed by atoms with van der Waals surface area (Å²) in [6.07, 6.45) is 2.48. The zero-order chi connectivity index (χ0) is 30.5. The second-order valence-electron chi connectivity index (χ2n) is 11.0. The predicted molar refractivity (Wildman–Crippen MR) is 173 cm³/mol. The van der Waals surface area contributed by atoms with E-state index in [-0.39, 0.29) is 5.91 Å². The van der Waals surface area contributed by atoms with Crippen molar-refractivity contribution in [1.82, 2.24) is 24.8 Å². The van der Waals surface area contributed by atoms with Crippen LogP contribution in [0.3, 0.4) is 0 Å². The number of ether oxygens (including phenoxy) is 1. The molecule has 8 heteroatoms. The maximum atomic E-state index is 13.5. The molecule has 2 aromatic heterocycles. The van der Waals surface area contributed by atoms with Crippen LogP contribution in [-0.4, -0.2) is 64.9 Å². The lowest BCUT2D eigenvalue weighted by Crippen LogP contribution is -2.37. The Hall–Kier alpha value is -5.26. The normalized spacial score (nSPS) is 12.4. The van der Waals surface area contributed by atoms with E-state index in [1.807, 2.05) is 104 Å². The maximum Gasteiger partial charge on any atom is 0.254 e. The van der Waals surface area contributed by atoms with Gasteiger partial charge in [0.1, 0.15) is 18.2 Å². The number of aromatic nitrogens is 3. The van der Waals surface area contributed by atoms with Crippen molar-refractivity contribution in [2.24, 2.45) is 0 Å². The van der Waals surface area contributed by atoms with Gasteiger partial charge in [0.15, 0.2) is 5.82 Å². The number of pyridine rings is 1. The third-order valence-corrected chi connectivity index (χ3v) is 7.53. The minimum atomic E-state index is -0.0207. The van der Waals surface area contributed by atoms with Crippen LogP contribution in [0.15, 0.2) is 85.1 Å². The van der Waals surface area contributed by atoms with E-state index < -0.39 is 0 Å². The molecule has 0 bridgehead atoms. The van der Waals surface area contributed by atoms with Gasteiger partial charge in [0.2, 0.25) is 0 Å². The van der Waals surface area contributed by atoms with Crippen LogP contribution in [0.2, 0.25) is 0 Å². The van der Waals surface area contributed by atoms with Gasteiger partial charge >= 0.3 is 0 Å². The van der Waals surface area contributed by atoms with Crippen molar-refractivity contribution in [3.05, 3.63) is 113 Å². The Bertz CT molecular complexity index is 1860. The number of hydrogen-bond acceptors (Lipinski definition) is 7. The first-order valence-corrected chi connectivity index (χ1v) is 14.6. The van der Waals surface area contributed by atoms with Gasteiger partial charge in [-0.2, -0.15) is 0 Å². The molecule has 1 aliphatic rings. The fourth-order valence-corrected chi connectivity index (χ4v) is 5.16.